The second kappa shape index (κ2) is 5.72. The van der Waals surface area contributed by atoms with E-state index < -0.39 is 11.9 Å². The molecule has 0 saturated heterocycles. The first-order chi connectivity index (χ1) is 10.7. The summed E-state index contributed by atoms with van der Waals surface area (Å²) in [5.41, 5.74) is 0.577. The topological polar surface area (TPSA) is 85.8 Å². The van der Waals surface area contributed by atoms with Crippen LogP contribution in [-0.2, 0) is 4.74 Å². The van der Waals surface area contributed by atoms with E-state index in [4.69, 9.17) is 9.15 Å². The number of nitrogens with zero attached hydrogens (tertiary/aromatic N) is 2. The molecule has 112 valence electrons. The van der Waals surface area contributed by atoms with Gasteiger partial charge < -0.3 is 14.5 Å². The van der Waals surface area contributed by atoms with Gasteiger partial charge in [-0.05, 0) is 31.2 Å². The van der Waals surface area contributed by atoms with Gasteiger partial charge in [-0.2, -0.15) is 0 Å². The van der Waals surface area contributed by atoms with Crippen LogP contribution in [0.2, 0.25) is 0 Å². The summed E-state index contributed by atoms with van der Waals surface area (Å²) in [5, 5.41) is 2.64. The van der Waals surface area contributed by atoms with Crippen molar-refractivity contribution in [1.29, 1.82) is 0 Å². The fraction of sp³-hybridized carbons (Fsp3) is 0.133. The fourth-order valence-corrected chi connectivity index (χ4v) is 2.03. The number of esters is 1. The van der Waals surface area contributed by atoms with Crippen LogP contribution in [0.5, 0.6) is 0 Å². The van der Waals surface area contributed by atoms with Crippen LogP contribution < -0.4 is 5.32 Å². The lowest BCUT2D eigenvalue weighted by Gasteiger charge is -2.05. The number of rotatable bonds is 4. The summed E-state index contributed by atoms with van der Waals surface area (Å²) in [6, 6.07) is 8.42. The Balaban J connectivity index is 2.04. The zero-order chi connectivity index (χ0) is 15.5. The van der Waals surface area contributed by atoms with Crippen LogP contribution in [0.25, 0.3) is 5.65 Å². The summed E-state index contributed by atoms with van der Waals surface area (Å²) in [6.45, 7) is 1.92. The zero-order valence-electron chi connectivity index (χ0n) is 11.8. The van der Waals surface area contributed by atoms with E-state index in [2.05, 4.69) is 10.3 Å². The molecule has 0 bridgehead atoms. The summed E-state index contributed by atoms with van der Waals surface area (Å²) in [4.78, 5) is 28.4. The summed E-state index contributed by atoms with van der Waals surface area (Å²) < 4.78 is 11.6. The molecule has 3 heterocycles. The Hall–Kier alpha value is -3.09. The molecule has 3 aromatic heterocycles. The molecule has 1 N–H and O–H groups in total. The average Bonchev–Trinajstić information content (AvgIpc) is 3.16. The minimum atomic E-state index is -0.596. The number of furan rings is 1. The van der Waals surface area contributed by atoms with E-state index in [0.29, 0.717) is 5.65 Å². The van der Waals surface area contributed by atoms with Crippen LogP contribution in [0.1, 0.15) is 28.0 Å². The van der Waals surface area contributed by atoms with Crippen molar-refractivity contribution in [2.45, 2.75) is 6.92 Å². The van der Waals surface area contributed by atoms with E-state index in [1.807, 2.05) is 0 Å². The van der Waals surface area contributed by atoms with Crippen molar-refractivity contribution < 1.29 is 18.7 Å². The maximum atomic E-state index is 12.2. The number of hydrogen-bond acceptors (Lipinski definition) is 5. The van der Waals surface area contributed by atoms with E-state index in [1.165, 1.54) is 12.3 Å². The molecular weight excluding hydrogens is 286 g/mol. The number of anilines is 1. The summed E-state index contributed by atoms with van der Waals surface area (Å²) >= 11 is 0. The third-order valence-corrected chi connectivity index (χ3v) is 2.98. The molecule has 3 aromatic rings. The van der Waals surface area contributed by atoms with Crippen LogP contribution in [0, 0.1) is 0 Å². The van der Waals surface area contributed by atoms with Gasteiger partial charge >= 0.3 is 5.97 Å². The van der Waals surface area contributed by atoms with Gasteiger partial charge in [0.1, 0.15) is 5.65 Å². The second-order valence-corrected chi connectivity index (χ2v) is 4.39. The Morgan fingerprint density at radius 1 is 1.32 bits per heavy atom. The molecular formula is C15H13N3O4. The molecule has 0 aromatic carbocycles. The SMILES string of the molecule is CCOC(=O)c1nc2ccccn2c1NC(=O)c1ccco1. The molecule has 0 fully saturated rings. The third-order valence-electron chi connectivity index (χ3n) is 2.98. The van der Waals surface area contributed by atoms with E-state index >= 15 is 0 Å². The van der Waals surface area contributed by atoms with E-state index in [1.54, 1.807) is 41.8 Å². The lowest BCUT2D eigenvalue weighted by molar-refractivity contribution is 0.0521. The standard InChI is InChI=1S/C15H13N3O4/c1-2-21-15(20)12-13(17-14(19)10-6-5-9-22-10)18-8-4-3-7-11(18)16-12/h3-9H,2H2,1H3,(H,17,19). The van der Waals surface area contributed by atoms with Crippen molar-refractivity contribution in [3.8, 4) is 0 Å². The molecule has 0 unspecified atom stereocenters. The van der Waals surface area contributed by atoms with Crippen molar-refractivity contribution in [2.75, 3.05) is 11.9 Å². The number of ether oxygens (including phenoxy) is 1. The van der Waals surface area contributed by atoms with Crippen LogP contribution >= 0.6 is 0 Å². The molecule has 7 heteroatoms. The predicted molar refractivity (Wildman–Crippen MR) is 77.8 cm³/mol. The lowest BCUT2D eigenvalue weighted by atomic mass is 10.4. The molecule has 0 atom stereocenters. The molecule has 0 aliphatic carbocycles. The highest BCUT2D eigenvalue weighted by Crippen LogP contribution is 2.20. The molecule has 0 spiro atoms. The van der Waals surface area contributed by atoms with E-state index in [0.717, 1.165) is 0 Å². The number of imidazole rings is 1. The Bertz CT molecular complexity index is 821. The van der Waals surface area contributed by atoms with Gasteiger partial charge in [-0.25, -0.2) is 9.78 Å². The second-order valence-electron chi connectivity index (χ2n) is 4.39. The van der Waals surface area contributed by atoms with Crippen LogP contribution in [0.15, 0.2) is 47.2 Å². The van der Waals surface area contributed by atoms with Gasteiger partial charge in [0.15, 0.2) is 17.3 Å². The predicted octanol–water partition coefficient (Wildman–Crippen LogP) is 2.36. The van der Waals surface area contributed by atoms with Crippen molar-refractivity contribution in [3.05, 3.63) is 54.2 Å². The molecule has 7 nitrogen and oxygen atoms in total. The number of hydrogen-bond donors (Lipinski definition) is 1. The molecule has 0 aliphatic heterocycles. The quantitative estimate of drug-likeness (QED) is 0.747. The van der Waals surface area contributed by atoms with Crippen LogP contribution in [-0.4, -0.2) is 27.9 Å². The van der Waals surface area contributed by atoms with Gasteiger partial charge in [-0.3, -0.25) is 9.20 Å². The van der Waals surface area contributed by atoms with Gasteiger partial charge in [0, 0.05) is 6.20 Å². The minimum absolute atomic E-state index is 0.0490. The third kappa shape index (κ3) is 2.44. The van der Waals surface area contributed by atoms with Crippen LogP contribution in [0.3, 0.4) is 0 Å². The highest BCUT2D eigenvalue weighted by molar-refractivity contribution is 6.05. The first-order valence-electron chi connectivity index (χ1n) is 6.69. The van der Waals surface area contributed by atoms with Crippen molar-refractivity contribution in [1.82, 2.24) is 9.38 Å². The molecule has 22 heavy (non-hydrogen) atoms. The van der Waals surface area contributed by atoms with E-state index in [-0.39, 0.29) is 23.9 Å². The largest absolute Gasteiger partial charge is 0.461 e. The zero-order valence-corrected chi connectivity index (χ0v) is 11.8. The first-order valence-corrected chi connectivity index (χ1v) is 6.69. The van der Waals surface area contributed by atoms with Crippen molar-refractivity contribution in [2.24, 2.45) is 0 Å². The molecule has 0 radical (unpaired) electrons. The Labute approximate surface area is 125 Å². The number of nitrogens with one attached hydrogen (secondary N) is 1. The number of carbonyl (C=O) groups is 2. The van der Waals surface area contributed by atoms with E-state index in [9.17, 15) is 9.59 Å². The Kier molecular flexibility index (Phi) is 3.61. The monoisotopic (exact) mass is 299 g/mol. The van der Waals surface area contributed by atoms with Gasteiger partial charge in [0.05, 0.1) is 12.9 Å². The summed E-state index contributed by atoms with van der Waals surface area (Å²) in [6.07, 6.45) is 3.10. The molecule has 1 amide bonds. The number of pyridine rings is 1. The highest BCUT2D eigenvalue weighted by atomic mass is 16.5. The normalized spacial score (nSPS) is 10.6. The maximum Gasteiger partial charge on any atom is 0.360 e. The van der Waals surface area contributed by atoms with Gasteiger partial charge in [0.25, 0.3) is 5.91 Å². The Morgan fingerprint density at radius 3 is 2.91 bits per heavy atom. The van der Waals surface area contributed by atoms with Gasteiger partial charge in [-0.1, -0.05) is 6.07 Å². The summed E-state index contributed by atoms with van der Waals surface area (Å²) in [7, 11) is 0. The first kappa shape index (κ1) is 13.9. The van der Waals surface area contributed by atoms with Gasteiger partial charge in [0.2, 0.25) is 0 Å². The number of carbonyl (C=O) groups excluding carboxylic acids is 2. The van der Waals surface area contributed by atoms with Crippen molar-refractivity contribution >= 4 is 23.3 Å². The Morgan fingerprint density at radius 2 is 2.18 bits per heavy atom. The average molecular weight is 299 g/mol. The van der Waals surface area contributed by atoms with Crippen LogP contribution in [0.4, 0.5) is 5.82 Å². The summed E-state index contributed by atoms with van der Waals surface area (Å²) in [5.74, 6) is -0.682. The number of fused-ring (bicyclic) bond motifs is 1. The van der Waals surface area contributed by atoms with Crippen molar-refractivity contribution in [3.63, 3.8) is 0 Å². The molecule has 0 aliphatic rings. The number of aromatic nitrogens is 2. The molecule has 3 rings (SSSR count). The molecule has 0 saturated carbocycles. The lowest BCUT2D eigenvalue weighted by Crippen LogP contribution is -2.16. The van der Waals surface area contributed by atoms with Gasteiger partial charge in [-0.15, -0.1) is 0 Å². The number of amides is 1. The highest BCUT2D eigenvalue weighted by Gasteiger charge is 2.22. The smallest absolute Gasteiger partial charge is 0.360 e. The maximum absolute atomic E-state index is 12.2. The fourth-order valence-electron chi connectivity index (χ4n) is 2.03. The minimum Gasteiger partial charge on any atom is -0.461 e.